The van der Waals surface area contributed by atoms with E-state index in [0.717, 1.165) is 19.3 Å². The van der Waals surface area contributed by atoms with Gasteiger partial charge in [-0.15, -0.1) is 0 Å². The van der Waals surface area contributed by atoms with Gasteiger partial charge in [-0.25, -0.2) is 0 Å². The minimum absolute atomic E-state index is 0.114. The monoisotopic (exact) mass is 242 g/mol. The average Bonchev–Trinajstić information content (AvgIpc) is 2.77. The van der Waals surface area contributed by atoms with Crippen molar-refractivity contribution in [3.05, 3.63) is 35.4 Å². The second-order valence-corrected chi connectivity index (χ2v) is 4.85. The van der Waals surface area contributed by atoms with E-state index >= 15 is 0 Å². The van der Waals surface area contributed by atoms with Gasteiger partial charge in [-0.05, 0) is 30.4 Å². The number of amides is 1. The molecule has 1 aliphatic carbocycles. The zero-order valence-corrected chi connectivity index (χ0v) is 10.6. The van der Waals surface area contributed by atoms with Crippen molar-refractivity contribution in [3.63, 3.8) is 0 Å². The first kappa shape index (κ1) is 12.6. The number of fused-ring (bicyclic) bond motifs is 1. The third kappa shape index (κ3) is 2.70. The molecule has 0 aromatic heterocycles. The molecule has 2 rings (SSSR count). The molecule has 0 bridgehead atoms. The number of hydrogen-bond donors (Lipinski definition) is 1. The molecule has 1 aromatic carbocycles. The Morgan fingerprint density at radius 3 is 2.56 bits per heavy atom. The summed E-state index contributed by atoms with van der Waals surface area (Å²) in [6.45, 7) is 1.99. The van der Waals surface area contributed by atoms with Gasteiger partial charge in [-0.2, -0.15) is 5.26 Å². The molecular formula is C15H18N2O. The topological polar surface area (TPSA) is 52.9 Å². The highest BCUT2D eigenvalue weighted by Gasteiger charge is 2.25. The predicted molar refractivity (Wildman–Crippen MR) is 69.8 cm³/mol. The first-order valence-electron chi connectivity index (χ1n) is 6.51. The summed E-state index contributed by atoms with van der Waals surface area (Å²) in [6, 6.07) is 10.5. The molecular weight excluding hydrogens is 224 g/mol. The van der Waals surface area contributed by atoms with Crippen LogP contribution in [0.25, 0.3) is 0 Å². The Morgan fingerprint density at radius 2 is 2.06 bits per heavy atom. The quantitative estimate of drug-likeness (QED) is 0.880. The molecule has 1 aromatic rings. The lowest BCUT2D eigenvalue weighted by molar-refractivity contribution is -0.124. The van der Waals surface area contributed by atoms with Gasteiger partial charge >= 0.3 is 0 Å². The van der Waals surface area contributed by atoms with Gasteiger partial charge in [-0.3, -0.25) is 4.79 Å². The van der Waals surface area contributed by atoms with Crippen molar-refractivity contribution in [1.82, 2.24) is 5.32 Å². The lowest BCUT2D eigenvalue weighted by Crippen LogP contribution is -2.39. The fourth-order valence-corrected chi connectivity index (χ4v) is 2.51. The Morgan fingerprint density at radius 1 is 1.44 bits per heavy atom. The summed E-state index contributed by atoms with van der Waals surface area (Å²) in [7, 11) is 0. The van der Waals surface area contributed by atoms with Gasteiger partial charge in [0.05, 0.1) is 6.07 Å². The van der Waals surface area contributed by atoms with E-state index in [0.29, 0.717) is 6.42 Å². The van der Waals surface area contributed by atoms with Crippen LogP contribution in [0.4, 0.5) is 0 Å². The molecule has 0 fully saturated rings. The highest BCUT2D eigenvalue weighted by atomic mass is 16.1. The first-order valence-corrected chi connectivity index (χ1v) is 6.51. The molecule has 0 heterocycles. The number of rotatable bonds is 4. The van der Waals surface area contributed by atoms with Gasteiger partial charge in [-0.1, -0.05) is 37.6 Å². The molecule has 94 valence electrons. The van der Waals surface area contributed by atoms with Crippen LogP contribution in [0.2, 0.25) is 0 Å². The molecule has 1 N–H and O–H groups in total. The van der Waals surface area contributed by atoms with E-state index in [1.807, 2.05) is 19.1 Å². The van der Waals surface area contributed by atoms with Gasteiger partial charge in [0.25, 0.3) is 0 Å². The summed E-state index contributed by atoms with van der Waals surface area (Å²) in [5.74, 6) is -0.615. The molecule has 3 heteroatoms. The van der Waals surface area contributed by atoms with Crippen LogP contribution in [0.15, 0.2) is 24.3 Å². The summed E-state index contributed by atoms with van der Waals surface area (Å²) in [5.41, 5.74) is 2.62. The SMILES string of the molecule is CCCC(C#N)C(=O)NC1Cc2ccccc2C1. The van der Waals surface area contributed by atoms with E-state index in [1.54, 1.807) is 0 Å². The summed E-state index contributed by atoms with van der Waals surface area (Å²) in [4.78, 5) is 11.9. The Balaban J connectivity index is 1.93. The zero-order valence-electron chi connectivity index (χ0n) is 10.6. The number of nitriles is 1. The largest absolute Gasteiger partial charge is 0.352 e. The van der Waals surface area contributed by atoms with Crippen molar-refractivity contribution >= 4 is 5.91 Å². The maximum Gasteiger partial charge on any atom is 0.237 e. The van der Waals surface area contributed by atoms with Crippen molar-refractivity contribution in [2.45, 2.75) is 38.6 Å². The maximum atomic E-state index is 11.9. The zero-order chi connectivity index (χ0) is 13.0. The van der Waals surface area contributed by atoms with Gasteiger partial charge < -0.3 is 5.32 Å². The van der Waals surface area contributed by atoms with Crippen molar-refractivity contribution in [2.24, 2.45) is 5.92 Å². The summed E-state index contributed by atoms with van der Waals surface area (Å²) >= 11 is 0. The van der Waals surface area contributed by atoms with Crippen molar-refractivity contribution < 1.29 is 4.79 Å². The summed E-state index contributed by atoms with van der Waals surface area (Å²) < 4.78 is 0. The van der Waals surface area contributed by atoms with Crippen LogP contribution in [-0.4, -0.2) is 11.9 Å². The lowest BCUT2D eigenvalue weighted by atomic mass is 10.0. The molecule has 0 spiro atoms. The Kier molecular flexibility index (Phi) is 3.99. The second-order valence-electron chi connectivity index (χ2n) is 4.85. The molecule has 1 aliphatic rings. The molecule has 3 nitrogen and oxygen atoms in total. The smallest absolute Gasteiger partial charge is 0.237 e. The number of carbonyl (C=O) groups excluding carboxylic acids is 1. The lowest BCUT2D eigenvalue weighted by Gasteiger charge is -2.14. The molecule has 0 saturated heterocycles. The molecule has 1 amide bonds. The van der Waals surface area contributed by atoms with Crippen molar-refractivity contribution in [3.8, 4) is 6.07 Å². The van der Waals surface area contributed by atoms with E-state index in [2.05, 4.69) is 23.5 Å². The fourth-order valence-electron chi connectivity index (χ4n) is 2.51. The van der Waals surface area contributed by atoms with E-state index in [-0.39, 0.29) is 11.9 Å². The van der Waals surface area contributed by atoms with E-state index in [4.69, 9.17) is 5.26 Å². The molecule has 1 atom stereocenters. The molecule has 0 saturated carbocycles. The average molecular weight is 242 g/mol. The Bertz CT molecular complexity index is 451. The number of nitrogens with zero attached hydrogens (tertiary/aromatic N) is 1. The predicted octanol–water partition coefficient (Wildman–Crippen LogP) is 2.21. The van der Waals surface area contributed by atoms with Crippen LogP contribution < -0.4 is 5.32 Å². The minimum Gasteiger partial charge on any atom is -0.352 e. The van der Waals surface area contributed by atoms with Gasteiger partial charge in [0.2, 0.25) is 5.91 Å². The third-order valence-corrected chi connectivity index (χ3v) is 3.45. The van der Waals surface area contributed by atoms with E-state index in [9.17, 15) is 4.79 Å². The van der Waals surface area contributed by atoms with E-state index < -0.39 is 5.92 Å². The van der Waals surface area contributed by atoms with Crippen LogP contribution in [0.1, 0.15) is 30.9 Å². The van der Waals surface area contributed by atoms with Crippen LogP contribution in [0.5, 0.6) is 0 Å². The van der Waals surface area contributed by atoms with Crippen LogP contribution >= 0.6 is 0 Å². The van der Waals surface area contributed by atoms with E-state index in [1.165, 1.54) is 11.1 Å². The van der Waals surface area contributed by atoms with Gasteiger partial charge in [0.15, 0.2) is 0 Å². The first-order chi connectivity index (χ1) is 8.74. The Labute approximate surface area is 108 Å². The second kappa shape index (κ2) is 5.68. The van der Waals surface area contributed by atoms with Crippen molar-refractivity contribution in [1.29, 1.82) is 5.26 Å². The highest BCUT2D eigenvalue weighted by Crippen LogP contribution is 2.22. The normalized spacial score (nSPS) is 15.8. The number of carbonyl (C=O) groups is 1. The van der Waals surface area contributed by atoms with Crippen molar-refractivity contribution in [2.75, 3.05) is 0 Å². The molecule has 18 heavy (non-hydrogen) atoms. The van der Waals surface area contributed by atoms with Gasteiger partial charge in [0, 0.05) is 6.04 Å². The highest BCUT2D eigenvalue weighted by molar-refractivity contribution is 5.81. The standard InChI is InChI=1S/C15H18N2O/c1-2-5-13(10-16)15(18)17-14-8-11-6-3-4-7-12(11)9-14/h3-4,6-7,13-14H,2,5,8-9H2,1H3,(H,17,18). The third-order valence-electron chi connectivity index (χ3n) is 3.45. The molecule has 0 aliphatic heterocycles. The number of hydrogen-bond acceptors (Lipinski definition) is 2. The number of nitrogens with one attached hydrogen (secondary N) is 1. The number of benzene rings is 1. The summed E-state index contributed by atoms with van der Waals surface area (Å²) in [6.07, 6.45) is 3.26. The van der Waals surface area contributed by atoms with Crippen LogP contribution in [0.3, 0.4) is 0 Å². The molecule has 1 unspecified atom stereocenters. The fraction of sp³-hybridized carbons (Fsp3) is 0.467. The maximum absolute atomic E-state index is 11.9. The minimum atomic E-state index is -0.501. The summed E-state index contributed by atoms with van der Waals surface area (Å²) in [5, 5.41) is 12.0. The van der Waals surface area contributed by atoms with Crippen LogP contribution in [-0.2, 0) is 17.6 Å². The molecule has 0 radical (unpaired) electrons. The van der Waals surface area contributed by atoms with Gasteiger partial charge in [0.1, 0.15) is 5.92 Å². The van der Waals surface area contributed by atoms with Crippen LogP contribution in [0, 0.1) is 17.2 Å². The Hall–Kier alpha value is -1.82.